The highest BCUT2D eigenvalue weighted by atomic mass is 32.1. The first-order chi connectivity index (χ1) is 27.7. The average Bonchev–Trinajstić information content (AvgIpc) is 3.79. The Kier molecular flexibility index (Phi) is 6.76. The predicted molar refractivity (Wildman–Crippen MR) is 236 cm³/mol. The summed E-state index contributed by atoms with van der Waals surface area (Å²) in [7, 11) is 0. The minimum atomic E-state index is 0.656. The van der Waals surface area contributed by atoms with E-state index in [0.29, 0.717) is 17.5 Å². The van der Waals surface area contributed by atoms with Crippen LogP contribution < -0.4 is 0 Å². The molecule has 0 aliphatic heterocycles. The second-order valence-corrected chi connectivity index (χ2v) is 15.5. The Morgan fingerprint density at radius 3 is 1.70 bits per heavy atom. The zero-order chi connectivity index (χ0) is 36.7. The Balaban J connectivity index is 1.16. The van der Waals surface area contributed by atoms with E-state index in [1.807, 2.05) is 47.7 Å². The molecule has 0 saturated heterocycles. The molecule has 260 valence electrons. The molecule has 0 bridgehead atoms. The largest absolute Gasteiger partial charge is 0.309 e. The third-order valence-electron chi connectivity index (χ3n) is 11.2. The number of nitrogens with zero attached hydrogens (tertiary/aromatic N) is 4. The second kappa shape index (κ2) is 12.2. The summed E-state index contributed by atoms with van der Waals surface area (Å²) in [6, 6.07) is 65.0. The average molecular weight is 731 g/mol. The van der Waals surface area contributed by atoms with Crippen molar-refractivity contribution in [2.24, 2.45) is 0 Å². The van der Waals surface area contributed by atoms with Crippen LogP contribution in [-0.2, 0) is 0 Å². The summed E-state index contributed by atoms with van der Waals surface area (Å²) < 4.78 is 4.89. The Morgan fingerprint density at radius 1 is 0.375 bits per heavy atom. The predicted octanol–water partition coefficient (Wildman–Crippen LogP) is 13.8. The van der Waals surface area contributed by atoms with E-state index in [9.17, 15) is 0 Å². The Morgan fingerprint density at radius 2 is 0.964 bits per heavy atom. The molecule has 0 amide bonds. The lowest BCUT2D eigenvalue weighted by molar-refractivity contribution is 1.08. The number of hydrogen-bond donors (Lipinski definition) is 0. The zero-order valence-electron chi connectivity index (χ0n) is 30.0. The van der Waals surface area contributed by atoms with Gasteiger partial charge in [0.25, 0.3) is 0 Å². The van der Waals surface area contributed by atoms with Crippen LogP contribution in [0.15, 0.2) is 182 Å². The maximum atomic E-state index is 5.24. The van der Waals surface area contributed by atoms with Crippen molar-refractivity contribution in [3.8, 4) is 39.9 Å². The molecule has 56 heavy (non-hydrogen) atoms. The van der Waals surface area contributed by atoms with Gasteiger partial charge in [0.15, 0.2) is 17.5 Å². The monoisotopic (exact) mass is 730 g/mol. The molecule has 4 nitrogen and oxygen atoms in total. The summed E-state index contributed by atoms with van der Waals surface area (Å²) in [6.45, 7) is 0. The third kappa shape index (κ3) is 4.75. The lowest BCUT2D eigenvalue weighted by Crippen LogP contribution is -2.01. The summed E-state index contributed by atoms with van der Waals surface area (Å²) >= 11 is 1.83. The summed E-state index contributed by atoms with van der Waals surface area (Å²) in [5.74, 6) is 1.98. The van der Waals surface area contributed by atoms with Crippen molar-refractivity contribution in [3.63, 3.8) is 0 Å². The van der Waals surface area contributed by atoms with Crippen LogP contribution in [0.5, 0.6) is 0 Å². The second-order valence-electron chi connectivity index (χ2n) is 14.4. The minimum absolute atomic E-state index is 0.656. The molecule has 0 fully saturated rings. The van der Waals surface area contributed by atoms with E-state index in [4.69, 9.17) is 15.0 Å². The van der Waals surface area contributed by atoms with Crippen LogP contribution in [0, 0.1) is 0 Å². The molecular formula is C51H30N4S. The molecule has 3 heterocycles. The summed E-state index contributed by atoms with van der Waals surface area (Å²) in [5.41, 5.74) is 6.51. The van der Waals surface area contributed by atoms with Crippen molar-refractivity contribution in [1.29, 1.82) is 0 Å². The number of fused-ring (bicyclic) bond motifs is 10. The molecule has 0 saturated carbocycles. The molecule has 12 aromatic rings. The molecule has 0 N–H and O–H groups in total. The van der Waals surface area contributed by atoms with Crippen LogP contribution in [0.25, 0.3) is 114 Å². The van der Waals surface area contributed by atoms with Gasteiger partial charge in [-0.3, -0.25) is 0 Å². The van der Waals surface area contributed by atoms with Gasteiger partial charge < -0.3 is 4.57 Å². The van der Waals surface area contributed by atoms with Crippen LogP contribution in [0.2, 0.25) is 0 Å². The van der Waals surface area contributed by atoms with Gasteiger partial charge in [0, 0.05) is 58.7 Å². The van der Waals surface area contributed by atoms with E-state index in [2.05, 4.69) is 150 Å². The van der Waals surface area contributed by atoms with E-state index in [0.717, 1.165) is 38.5 Å². The molecule has 3 aromatic heterocycles. The van der Waals surface area contributed by atoms with Crippen molar-refractivity contribution in [3.05, 3.63) is 182 Å². The molecule has 5 heteroatoms. The van der Waals surface area contributed by atoms with Gasteiger partial charge in [0.05, 0.1) is 11.0 Å². The Hall–Kier alpha value is -7.21. The van der Waals surface area contributed by atoms with Crippen LogP contribution in [0.3, 0.4) is 0 Å². The number of rotatable bonds is 4. The molecule has 0 unspecified atom stereocenters. The van der Waals surface area contributed by atoms with Gasteiger partial charge >= 0.3 is 0 Å². The maximum absolute atomic E-state index is 5.24. The minimum Gasteiger partial charge on any atom is -0.309 e. The smallest absolute Gasteiger partial charge is 0.165 e. The fourth-order valence-electron chi connectivity index (χ4n) is 8.61. The van der Waals surface area contributed by atoms with Crippen molar-refractivity contribution in [1.82, 2.24) is 19.5 Å². The summed E-state index contributed by atoms with van der Waals surface area (Å²) in [4.78, 5) is 15.5. The summed E-state index contributed by atoms with van der Waals surface area (Å²) in [6.07, 6.45) is 0. The molecule has 0 aliphatic carbocycles. The number of benzene rings is 9. The van der Waals surface area contributed by atoms with Crippen molar-refractivity contribution in [2.75, 3.05) is 0 Å². The first-order valence-electron chi connectivity index (χ1n) is 18.9. The van der Waals surface area contributed by atoms with Crippen molar-refractivity contribution in [2.45, 2.75) is 0 Å². The fraction of sp³-hybridized carbons (Fsp3) is 0. The SMILES string of the molecule is c1ccc(-c2nc(-c3ccccc3)nc(-c3c4ccccc4cc4sc5cc(-n6c7cc8ccccc8cc7c7ccc8ccccc8c76)ccc5c34)n2)cc1. The first kappa shape index (κ1) is 31.2. The van der Waals surface area contributed by atoms with Gasteiger partial charge in [-0.2, -0.15) is 0 Å². The molecule has 0 radical (unpaired) electrons. The van der Waals surface area contributed by atoms with Crippen molar-refractivity contribution >= 4 is 85.6 Å². The van der Waals surface area contributed by atoms with E-state index < -0.39 is 0 Å². The van der Waals surface area contributed by atoms with Gasteiger partial charge in [-0.1, -0.05) is 152 Å². The van der Waals surface area contributed by atoms with Gasteiger partial charge in [0.2, 0.25) is 0 Å². The third-order valence-corrected chi connectivity index (χ3v) is 12.3. The van der Waals surface area contributed by atoms with E-state index >= 15 is 0 Å². The van der Waals surface area contributed by atoms with Crippen LogP contribution in [-0.4, -0.2) is 19.5 Å². The molecule has 12 rings (SSSR count). The Bertz CT molecular complexity index is 3470. The van der Waals surface area contributed by atoms with E-state index in [-0.39, 0.29) is 0 Å². The van der Waals surface area contributed by atoms with Gasteiger partial charge in [0.1, 0.15) is 0 Å². The number of aromatic nitrogens is 4. The molecule has 0 spiro atoms. The summed E-state index contributed by atoms with van der Waals surface area (Å²) in [5, 5.41) is 12.1. The van der Waals surface area contributed by atoms with E-state index in [1.54, 1.807) is 0 Å². The normalized spacial score (nSPS) is 11.9. The van der Waals surface area contributed by atoms with Gasteiger partial charge in [-0.05, 0) is 57.3 Å². The van der Waals surface area contributed by atoms with E-state index in [1.165, 1.54) is 58.1 Å². The fourth-order valence-corrected chi connectivity index (χ4v) is 9.81. The van der Waals surface area contributed by atoms with Crippen molar-refractivity contribution < 1.29 is 0 Å². The molecular weight excluding hydrogens is 701 g/mol. The highest BCUT2D eigenvalue weighted by Gasteiger charge is 2.22. The highest BCUT2D eigenvalue weighted by molar-refractivity contribution is 7.26. The lowest BCUT2D eigenvalue weighted by atomic mass is 9.97. The van der Waals surface area contributed by atoms with Crippen LogP contribution in [0.4, 0.5) is 0 Å². The molecule has 0 atom stereocenters. The number of hydrogen-bond acceptors (Lipinski definition) is 4. The zero-order valence-corrected chi connectivity index (χ0v) is 30.8. The lowest BCUT2D eigenvalue weighted by Gasteiger charge is -2.13. The molecule has 0 aliphatic rings. The standard InChI is InChI=1S/C51H30N4S/c1-3-14-32(15-4-1)49-52-50(33-16-5-2-6-17-33)54-51(53-49)47-38-21-11-10-20-36(38)29-45-46(47)41-26-24-37(30-44(41)56-45)55-43-28-35-19-8-7-18-34(35)27-42(43)40-25-23-31-13-9-12-22-39(31)48(40)55/h1-30H. The van der Waals surface area contributed by atoms with Gasteiger partial charge in [-0.25, -0.2) is 15.0 Å². The topological polar surface area (TPSA) is 43.6 Å². The van der Waals surface area contributed by atoms with Gasteiger partial charge in [-0.15, -0.1) is 11.3 Å². The molecule has 9 aromatic carbocycles. The quantitative estimate of drug-likeness (QED) is 0.181. The van der Waals surface area contributed by atoms with Crippen LogP contribution in [0.1, 0.15) is 0 Å². The number of thiophene rings is 1. The van der Waals surface area contributed by atoms with Crippen LogP contribution >= 0.6 is 11.3 Å². The Labute approximate surface area is 325 Å². The first-order valence-corrected chi connectivity index (χ1v) is 19.7. The highest BCUT2D eigenvalue weighted by Crippen LogP contribution is 2.46. The maximum Gasteiger partial charge on any atom is 0.165 e.